The van der Waals surface area contributed by atoms with Crippen LogP contribution in [-0.4, -0.2) is 33.0 Å². The molecule has 0 saturated carbocycles. The largest absolute Gasteiger partial charge is 0.345 e. The first kappa shape index (κ1) is 18.8. The van der Waals surface area contributed by atoms with Crippen LogP contribution in [0.1, 0.15) is 33.9 Å². The number of hydrogen-bond donors (Lipinski definition) is 1. The van der Waals surface area contributed by atoms with Crippen molar-refractivity contribution in [2.45, 2.75) is 23.8 Å². The molecule has 2 aromatic carbocycles. The van der Waals surface area contributed by atoms with Crippen LogP contribution in [-0.2, 0) is 21.3 Å². The van der Waals surface area contributed by atoms with Crippen molar-refractivity contribution in [1.29, 1.82) is 0 Å². The zero-order chi connectivity index (χ0) is 18.9. The summed E-state index contributed by atoms with van der Waals surface area (Å²) < 4.78 is 25.6. The van der Waals surface area contributed by atoms with E-state index in [2.05, 4.69) is 11.4 Å². The van der Waals surface area contributed by atoms with Crippen molar-refractivity contribution >= 4 is 27.5 Å². The minimum atomic E-state index is -3.95. The second kappa shape index (κ2) is 7.36. The average molecular weight is 395 g/mol. The number of hydrogen-bond acceptors (Lipinski definition) is 4. The Labute approximate surface area is 157 Å². The van der Waals surface area contributed by atoms with Gasteiger partial charge in [-0.1, -0.05) is 40.3 Å². The fraction of sp³-hybridized carbons (Fsp3) is 0.278. The molecule has 2 aromatic rings. The van der Waals surface area contributed by atoms with Crippen molar-refractivity contribution in [2.24, 2.45) is 0 Å². The molecule has 0 spiro atoms. The summed E-state index contributed by atoms with van der Waals surface area (Å²) in [5.74, 6) is -0.347. The molecule has 26 heavy (non-hydrogen) atoms. The molecule has 1 aliphatic rings. The van der Waals surface area contributed by atoms with Crippen LogP contribution in [0.3, 0.4) is 0 Å². The van der Waals surface area contributed by atoms with Crippen molar-refractivity contribution in [1.82, 2.24) is 9.79 Å². The summed E-state index contributed by atoms with van der Waals surface area (Å²) in [6, 6.07) is 12.1. The van der Waals surface area contributed by atoms with Crippen molar-refractivity contribution in [2.75, 3.05) is 14.2 Å². The molecule has 138 valence electrons. The molecular weight excluding hydrogens is 376 g/mol. The van der Waals surface area contributed by atoms with E-state index in [1.54, 1.807) is 0 Å². The highest BCUT2D eigenvalue weighted by Gasteiger charge is 2.27. The third-order valence-electron chi connectivity index (χ3n) is 4.51. The number of amides is 1. The molecule has 0 aliphatic heterocycles. The van der Waals surface area contributed by atoms with E-state index in [1.807, 2.05) is 18.2 Å². The minimum Gasteiger partial charge on any atom is -0.345 e. The number of carbonyl (C=O) groups excluding carboxylic acids is 1. The highest BCUT2D eigenvalue weighted by Crippen LogP contribution is 2.31. The lowest BCUT2D eigenvalue weighted by Gasteiger charge is -2.17. The van der Waals surface area contributed by atoms with E-state index < -0.39 is 10.0 Å². The molecule has 0 saturated heterocycles. The standard InChI is InChI=1S/C18H19ClN2O4S/c1-21(25-2)26(23,24)17-11-13(7-9-15(17)19)18(22)20-16-10-8-12-5-3-4-6-14(12)16/h3-7,9,11,16H,8,10H2,1-2H3,(H,20,22). The zero-order valence-corrected chi connectivity index (χ0v) is 16.0. The Morgan fingerprint density at radius 2 is 2.00 bits per heavy atom. The Kier molecular flexibility index (Phi) is 5.34. The number of sulfonamides is 1. The van der Waals surface area contributed by atoms with Gasteiger partial charge in [0.2, 0.25) is 0 Å². The Morgan fingerprint density at radius 1 is 1.27 bits per heavy atom. The Morgan fingerprint density at radius 3 is 2.73 bits per heavy atom. The van der Waals surface area contributed by atoms with Crippen LogP contribution < -0.4 is 5.32 Å². The highest BCUT2D eigenvalue weighted by molar-refractivity contribution is 7.89. The van der Waals surface area contributed by atoms with Gasteiger partial charge in [0.15, 0.2) is 0 Å². The Bertz CT molecular complexity index is 946. The number of aryl methyl sites for hydroxylation is 1. The Balaban J connectivity index is 1.87. The summed E-state index contributed by atoms with van der Waals surface area (Å²) in [7, 11) is -1.46. The molecule has 1 amide bonds. The predicted octanol–water partition coefficient (Wildman–Crippen LogP) is 2.94. The lowest BCUT2D eigenvalue weighted by atomic mass is 10.1. The third-order valence-corrected chi connectivity index (χ3v) is 6.67. The van der Waals surface area contributed by atoms with E-state index >= 15 is 0 Å². The van der Waals surface area contributed by atoms with Gasteiger partial charge in [-0.2, -0.15) is 0 Å². The van der Waals surface area contributed by atoms with Gasteiger partial charge in [0.25, 0.3) is 15.9 Å². The van der Waals surface area contributed by atoms with Crippen molar-refractivity contribution < 1.29 is 18.0 Å². The molecule has 0 radical (unpaired) electrons. The molecule has 6 nitrogen and oxygen atoms in total. The van der Waals surface area contributed by atoms with Gasteiger partial charge < -0.3 is 5.32 Å². The first-order chi connectivity index (χ1) is 12.3. The number of nitrogens with zero attached hydrogens (tertiary/aromatic N) is 1. The number of carbonyl (C=O) groups is 1. The molecule has 0 aromatic heterocycles. The summed E-state index contributed by atoms with van der Waals surface area (Å²) in [5.41, 5.74) is 2.54. The van der Waals surface area contributed by atoms with Gasteiger partial charge in [-0.05, 0) is 42.2 Å². The van der Waals surface area contributed by atoms with Crippen LogP contribution >= 0.6 is 11.6 Å². The summed E-state index contributed by atoms with van der Waals surface area (Å²) in [5, 5.41) is 3.00. The van der Waals surface area contributed by atoms with E-state index in [1.165, 1.54) is 37.9 Å². The molecule has 1 atom stereocenters. The summed E-state index contributed by atoms with van der Waals surface area (Å²) in [4.78, 5) is 17.2. The van der Waals surface area contributed by atoms with Gasteiger partial charge in [-0.15, -0.1) is 0 Å². The van der Waals surface area contributed by atoms with Crippen LogP contribution in [0.5, 0.6) is 0 Å². The molecule has 3 rings (SSSR count). The van der Waals surface area contributed by atoms with Gasteiger partial charge in [0, 0.05) is 12.6 Å². The second-order valence-electron chi connectivity index (χ2n) is 6.01. The molecule has 0 bridgehead atoms. The van der Waals surface area contributed by atoms with Crippen LogP contribution in [0.4, 0.5) is 0 Å². The van der Waals surface area contributed by atoms with Gasteiger partial charge in [-0.25, -0.2) is 8.42 Å². The highest BCUT2D eigenvalue weighted by atomic mass is 35.5. The number of rotatable bonds is 5. The molecule has 0 heterocycles. The summed E-state index contributed by atoms with van der Waals surface area (Å²) in [6.45, 7) is 0. The topological polar surface area (TPSA) is 75.7 Å². The molecule has 1 aliphatic carbocycles. The smallest absolute Gasteiger partial charge is 0.266 e. The SMILES string of the molecule is CON(C)S(=O)(=O)c1cc(C(=O)NC2CCc3ccccc32)ccc1Cl. The van der Waals surface area contributed by atoms with Gasteiger partial charge >= 0.3 is 0 Å². The van der Waals surface area contributed by atoms with Crippen LogP contribution in [0.15, 0.2) is 47.4 Å². The monoisotopic (exact) mass is 394 g/mol. The minimum absolute atomic E-state index is 0.0247. The summed E-state index contributed by atoms with van der Waals surface area (Å²) in [6.07, 6.45) is 1.72. The predicted molar refractivity (Wildman–Crippen MR) is 98.4 cm³/mol. The maximum Gasteiger partial charge on any atom is 0.266 e. The first-order valence-electron chi connectivity index (χ1n) is 8.06. The molecule has 1 N–H and O–H groups in total. The zero-order valence-electron chi connectivity index (χ0n) is 14.4. The lowest BCUT2D eigenvalue weighted by molar-refractivity contribution is -0.0258. The van der Waals surface area contributed by atoms with Gasteiger partial charge in [-0.3, -0.25) is 9.63 Å². The number of fused-ring (bicyclic) bond motifs is 1. The van der Waals surface area contributed by atoms with Crippen molar-refractivity contribution in [3.8, 4) is 0 Å². The third kappa shape index (κ3) is 3.48. The number of benzene rings is 2. The van der Waals surface area contributed by atoms with Crippen LogP contribution in [0.25, 0.3) is 0 Å². The molecule has 8 heteroatoms. The first-order valence-corrected chi connectivity index (χ1v) is 9.87. The summed E-state index contributed by atoms with van der Waals surface area (Å²) >= 11 is 6.03. The van der Waals surface area contributed by atoms with E-state index in [-0.39, 0.29) is 27.4 Å². The van der Waals surface area contributed by atoms with Crippen molar-refractivity contribution in [3.05, 3.63) is 64.2 Å². The van der Waals surface area contributed by atoms with E-state index in [0.29, 0.717) is 4.47 Å². The fourth-order valence-electron chi connectivity index (χ4n) is 3.03. The second-order valence-corrected chi connectivity index (χ2v) is 8.32. The van der Waals surface area contributed by atoms with Crippen LogP contribution in [0, 0.1) is 0 Å². The van der Waals surface area contributed by atoms with Gasteiger partial charge in [0.1, 0.15) is 4.90 Å². The van der Waals surface area contributed by atoms with E-state index in [0.717, 1.165) is 18.4 Å². The lowest BCUT2D eigenvalue weighted by Crippen LogP contribution is -2.28. The molecule has 1 unspecified atom stereocenters. The maximum absolute atomic E-state index is 12.6. The number of hydroxylamine groups is 1. The average Bonchev–Trinajstić information content (AvgIpc) is 3.04. The molecular formula is C18H19ClN2O4S. The number of halogens is 1. The normalized spacial score (nSPS) is 16.5. The van der Waals surface area contributed by atoms with E-state index in [4.69, 9.17) is 16.4 Å². The number of nitrogens with one attached hydrogen (secondary N) is 1. The van der Waals surface area contributed by atoms with Crippen molar-refractivity contribution in [3.63, 3.8) is 0 Å². The van der Waals surface area contributed by atoms with Gasteiger partial charge in [0.05, 0.1) is 18.2 Å². The molecule has 0 fully saturated rings. The van der Waals surface area contributed by atoms with Crippen LogP contribution in [0.2, 0.25) is 5.02 Å². The van der Waals surface area contributed by atoms with E-state index in [9.17, 15) is 13.2 Å². The quantitative estimate of drug-likeness (QED) is 0.791. The fourth-order valence-corrected chi connectivity index (χ4v) is 4.50. The Hall–Kier alpha value is -1.93. The maximum atomic E-state index is 12.6.